The predicted molar refractivity (Wildman–Crippen MR) is 171 cm³/mol. The zero-order chi connectivity index (χ0) is 31.0. The Bertz CT molecular complexity index is 2070. The minimum Gasteiger partial charge on any atom is -0.366 e. The van der Waals surface area contributed by atoms with Gasteiger partial charge in [0.15, 0.2) is 0 Å². The average Bonchev–Trinajstić information content (AvgIpc) is 3.43. The first-order chi connectivity index (χ1) is 21.3. The zero-order valence-electron chi connectivity index (χ0n) is 23.7. The first-order valence-electron chi connectivity index (χ1n) is 13.9. The number of carbonyl (C=O) groups excluding carboxylic acids is 3. The number of anilines is 2. The van der Waals surface area contributed by atoms with Crippen molar-refractivity contribution in [2.75, 3.05) is 17.3 Å². The Morgan fingerprint density at radius 1 is 0.841 bits per heavy atom. The number of nitrogens with zero attached hydrogens (tertiary/aromatic N) is 1. The fraction of sp³-hybridized carbons (Fsp3) is 0.0571. The monoisotopic (exact) mass is 585 g/mol. The summed E-state index contributed by atoms with van der Waals surface area (Å²) in [7, 11) is 1.71. The molecule has 0 aliphatic rings. The second kappa shape index (κ2) is 11.5. The van der Waals surface area contributed by atoms with E-state index in [4.69, 9.17) is 11.5 Å². The molecule has 0 radical (unpaired) electrons. The predicted octanol–water partition coefficient (Wildman–Crippen LogP) is 6.21. The molecule has 6 N–H and O–H groups in total. The maximum Gasteiger partial charge on any atom is 0.258 e. The van der Waals surface area contributed by atoms with Crippen LogP contribution in [0.3, 0.4) is 0 Å². The lowest BCUT2D eigenvalue weighted by Gasteiger charge is -2.17. The van der Waals surface area contributed by atoms with Crippen molar-refractivity contribution in [3.8, 4) is 11.1 Å². The molecule has 6 aromatic rings. The van der Waals surface area contributed by atoms with Crippen LogP contribution in [0, 0.1) is 5.82 Å². The Balaban J connectivity index is 1.47. The van der Waals surface area contributed by atoms with E-state index in [-0.39, 0.29) is 12.5 Å². The molecule has 5 aromatic carbocycles. The van der Waals surface area contributed by atoms with Crippen molar-refractivity contribution in [1.82, 2.24) is 4.98 Å². The molecule has 3 amide bonds. The van der Waals surface area contributed by atoms with Crippen LogP contribution in [-0.2, 0) is 6.54 Å². The molecule has 44 heavy (non-hydrogen) atoms. The summed E-state index contributed by atoms with van der Waals surface area (Å²) in [6, 6.07) is 28.8. The molecule has 218 valence electrons. The molecule has 0 aliphatic heterocycles. The van der Waals surface area contributed by atoms with Crippen LogP contribution in [0.15, 0.2) is 103 Å². The number of hydrogen-bond acceptors (Lipinski definition) is 4. The molecule has 0 saturated heterocycles. The molecule has 0 spiro atoms. The number of fused-ring (bicyclic) bond motifs is 3. The number of aromatic nitrogens is 1. The molecule has 0 saturated carbocycles. The zero-order valence-corrected chi connectivity index (χ0v) is 23.7. The Morgan fingerprint density at radius 3 is 2.27 bits per heavy atom. The van der Waals surface area contributed by atoms with Gasteiger partial charge in [-0.25, -0.2) is 4.39 Å². The van der Waals surface area contributed by atoms with Gasteiger partial charge < -0.3 is 26.7 Å². The minimum absolute atomic E-state index is 0.0983. The van der Waals surface area contributed by atoms with Crippen molar-refractivity contribution in [2.24, 2.45) is 11.5 Å². The van der Waals surface area contributed by atoms with Gasteiger partial charge in [-0.05, 0) is 77.4 Å². The highest BCUT2D eigenvalue weighted by atomic mass is 19.1. The normalized spacial score (nSPS) is 11.1. The number of rotatable bonds is 7. The van der Waals surface area contributed by atoms with Crippen LogP contribution < -0.4 is 21.7 Å². The molecule has 6 rings (SSSR count). The first kappa shape index (κ1) is 28.3. The van der Waals surface area contributed by atoms with Gasteiger partial charge in [0, 0.05) is 52.4 Å². The largest absolute Gasteiger partial charge is 0.366 e. The Kier molecular flexibility index (Phi) is 7.38. The van der Waals surface area contributed by atoms with E-state index in [2.05, 4.69) is 10.3 Å². The van der Waals surface area contributed by atoms with Gasteiger partial charge in [0.2, 0.25) is 0 Å². The number of hydrogen-bond donors (Lipinski definition) is 4. The van der Waals surface area contributed by atoms with Crippen molar-refractivity contribution in [1.29, 1.82) is 0 Å². The molecule has 0 aliphatic carbocycles. The van der Waals surface area contributed by atoms with E-state index in [0.717, 1.165) is 27.6 Å². The molecule has 0 atom stereocenters. The van der Waals surface area contributed by atoms with Crippen LogP contribution in [-0.4, -0.2) is 29.8 Å². The highest BCUT2D eigenvalue weighted by Crippen LogP contribution is 2.39. The molecule has 8 nitrogen and oxygen atoms in total. The lowest BCUT2D eigenvalue weighted by atomic mass is 9.92. The van der Waals surface area contributed by atoms with Crippen molar-refractivity contribution < 1.29 is 18.8 Å². The number of H-pyrrole nitrogens is 1. The van der Waals surface area contributed by atoms with Crippen LogP contribution in [0.4, 0.5) is 15.8 Å². The maximum absolute atomic E-state index is 13.4. The summed E-state index contributed by atoms with van der Waals surface area (Å²) in [5, 5.41) is 4.40. The Labute approximate surface area is 252 Å². The van der Waals surface area contributed by atoms with Crippen molar-refractivity contribution in [3.05, 3.63) is 131 Å². The Hall–Kier alpha value is -5.80. The second-order valence-corrected chi connectivity index (χ2v) is 10.4. The fourth-order valence-corrected chi connectivity index (χ4v) is 5.51. The standard InChI is InChI=1S/C35H28FN5O3/c1-41(23-6-3-2-4-7-23)35(44)21-12-15-26-30(18-21)39-32-27(33(38)42)17-16-25(31(26)32)24-8-5-9-29(28(24)19-37)40-34(43)20-10-13-22(36)14-11-20/h2-18,39H,19,37H2,1H3,(H2,38,42)(H,40,43). The van der Waals surface area contributed by atoms with Crippen molar-refractivity contribution in [3.63, 3.8) is 0 Å². The van der Waals surface area contributed by atoms with Crippen molar-refractivity contribution >= 4 is 50.9 Å². The van der Waals surface area contributed by atoms with Crippen LogP contribution in [0.2, 0.25) is 0 Å². The number of para-hydroxylation sites is 1. The summed E-state index contributed by atoms with van der Waals surface area (Å²) in [5.41, 5.74) is 17.7. The van der Waals surface area contributed by atoms with E-state index in [9.17, 15) is 18.8 Å². The number of carbonyl (C=O) groups is 3. The number of nitrogens with two attached hydrogens (primary N) is 2. The van der Waals surface area contributed by atoms with E-state index in [0.29, 0.717) is 39.0 Å². The molecule has 0 unspecified atom stereocenters. The number of amides is 3. The summed E-state index contributed by atoms with van der Waals surface area (Å²) >= 11 is 0. The lowest BCUT2D eigenvalue weighted by Crippen LogP contribution is -2.26. The number of aromatic amines is 1. The third-order valence-corrected chi connectivity index (χ3v) is 7.74. The van der Waals surface area contributed by atoms with Crippen molar-refractivity contribution in [2.45, 2.75) is 6.54 Å². The minimum atomic E-state index is -0.604. The highest BCUT2D eigenvalue weighted by molar-refractivity contribution is 6.21. The molecule has 0 bridgehead atoms. The van der Waals surface area contributed by atoms with E-state index in [1.165, 1.54) is 24.3 Å². The number of nitrogens with one attached hydrogen (secondary N) is 2. The van der Waals surface area contributed by atoms with Gasteiger partial charge >= 0.3 is 0 Å². The third kappa shape index (κ3) is 5.05. The second-order valence-electron chi connectivity index (χ2n) is 10.4. The number of benzene rings is 5. The number of primary amides is 1. The Morgan fingerprint density at radius 2 is 1.57 bits per heavy atom. The third-order valence-electron chi connectivity index (χ3n) is 7.74. The van der Waals surface area contributed by atoms with Gasteiger partial charge in [0.1, 0.15) is 5.82 Å². The van der Waals surface area contributed by atoms with Crippen LogP contribution in [0.1, 0.15) is 36.6 Å². The van der Waals surface area contributed by atoms with Gasteiger partial charge in [-0.15, -0.1) is 0 Å². The molecule has 1 heterocycles. The van der Waals surface area contributed by atoms with Gasteiger partial charge in [-0.2, -0.15) is 0 Å². The van der Waals surface area contributed by atoms with E-state index >= 15 is 0 Å². The molecule has 1 aromatic heterocycles. The van der Waals surface area contributed by atoms with E-state index in [1.807, 2.05) is 42.5 Å². The summed E-state index contributed by atoms with van der Waals surface area (Å²) in [6.45, 7) is 0.0983. The molecule has 9 heteroatoms. The van der Waals surface area contributed by atoms with Gasteiger partial charge in [-0.1, -0.05) is 42.5 Å². The highest BCUT2D eigenvalue weighted by Gasteiger charge is 2.21. The smallest absolute Gasteiger partial charge is 0.258 e. The molecular weight excluding hydrogens is 557 g/mol. The van der Waals surface area contributed by atoms with Gasteiger partial charge in [0.25, 0.3) is 17.7 Å². The molecular formula is C35H28FN5O3. The SMILES string of the molecule is CN(C(=O)c1ccc2c(c1)[nH]c1c(C(N)=O)ccc(-c3cccc(NC(=O)c4ccc(F)cc4)c3CN)c12)c1ccccc1. The summed E-state index contributed by atoms with van der Waals surface area (Å²) < 4.78 is 13.4. The lowest BCUT2D eigenvalue weighted by molar-refractivity contribution is 0.0988. The van der Waals surface area contributed by atoms with Gasteiger partial charge in [0.05, 0.1) is 11.1 Å². The maximum atomic E-state index is 13.4. The number of halogens is 1. The van der Waals surface area contributed by atoms with E-state index < -0.39 is 17.6 Å². The summed E-state index contributed by atoms with van der Waals surface area (Å²) in [6.07, 6.45) is 0. The first-order valence-corrected chi connectivity index (χ1v) is 13.9. The topological polar surface area (TPSA) is 134 Å². The van der Waals surface area contributed by atoms with Crippen LogP contribution in [0.5, 0.6) is 0 Å². The van der Waals surface area contributed by atoms with E-state index in [1.54, 1.807) is 48.3 Å². The summed E-state index contributed by atoms with van der Waals surface area (Å²) in [5.74, 6) is -1.64. The molecule has 0 fully saturated rings. The van der Waals surface area contributed by atoms with Gasteiger partial charge in [-0.3, -0.25) is 14.4 Å². The quantitative estimate of drug-likeness (QED) is 0.177. The summed E-state index contributed by atoms with van der Waals surface area (Å²) in [4.78, 5) is 43.7. The fourth-order valence-electron chi connectivity index (χ4n) is 5.51. The average molecular weight is 586 g/mol. The van der Waals surface area contributed by atoms with Crippen LogP contribution >= 0.6 is 0 Å². The van der Waals surface area contributed by atoms with Crippen LogP contribution in [0.25, 0.3) is 32.9 Å².